The first kappa shape index (κ1) is 10.4. The monoisotopic (exact) mass is 221 g/mol. The highest BCUT2D eigenvalue weighted by atomic mass is 16.4. The van der Waals surface area contributed by atoms with Gasteiger partial charge in [0.1, 0.15) is 0 Å². The second-order valence-corrected chi connectivity index (χ2v) is 3.64. The van der Waals surface area contributed by atoms with Crippen molar-refractivity contribution < 1.29 is 14.3 Å². The highest BCUT2D eigenvalue weighted by Crippen LogP contribution is 2.22. The zero-order valence-electron chi connectivity index (χ0n) is 8.89. The van der Waals surface area contributed by atoms with Gasteiger partial charge in [-0.25, -0.2) is 9.78 Å². The molecule has 2 N–H and O–H groups in total. The third-order valence-corrected chi connectivity index (χ3v) is 1.92. The average molecular weight is 221 g/mol. The van der Waals surface area contributed by atoms with Crippen molar-refractivity contribution in [2.75, 3.05) is 5.32 Å². The Morgan fingerprint density at radius 1 is 1.56 bits per heavy atom. The number of oxazole rings is 1. The molecule has 2 aromatic rings. The van der Waals surface area contributed by atoms with Crippen LogP contribution in [0.15, 0.2) is 16.7 Å². The summed E-state index contributed by atoms with van der Waals surface area (Å²) < 4.78 is 4.99. The number of hydrogen-bond donors (Lipinski definition) is 2. The van der Waals surface area contributed by atoms with Gasteiger partial charge in [-0.2, -0.15) is 4.98 Å². The smallest absolute Gasteiger partial charge is 0.392 e. The predicted octanol–water partition coefficient (Wildman–Crippen LogP) is 1.74. The van der Waals surface area contributed by atoms with Crippen molar-refractivity contribution in [3.8, 4) is 0 Å². The zero-order chi connectivity index (χ0) is 11.7. The molecule has 2 rings (SSSR count). The van der Waals surface area contributed by atoms with Crippen molar-refractivity contribution in [2.24, 2.45) is 0 Å². The molecular formula is C10H11N3O3. The molecule has 0 saturated heterocycles. The Hall–Kier alpha value is -2.11. The van der Waals surface area contributed by atoms with Crippen LogP contribution in [-0.2, 0) is 0 Å². The van der Waals surface area contributed by atoms with E-state index < -0.39 is 5.97 Å². The summed E-state index contributed by atoms with van der Waals surface area (Å²) in [6, 6.07) is 1.95. The summed E-state index contributed by atoms with van der Waals surface area (Å²) in [5, 5.41) is 11.9. The van der Waals surface area contributed by atoms with Crippen LogP contribution in [0.25, 0.3) is 11.2 Å². The van der Waals surface area contributed by atoms with Crippen LogP contribution in [0.4, 0.5) is 5.69 Å². The molecule has 0 fully saturated rings. The Bertz CT molecular complexity index is 533. The first-order valence-corrected chi connectivity index (χ1v) is 4.83. The Balaban J connectivity index is 2.54. The number of hydrogen-bond acceptors (Lipinski definition) is 5. The molecule has 16 heavy (non-hydrogen) atoms. The quantitative estimate of drug-likeness (QED) is 0.820. The molecule has 0 aromatic carbocycles. The Morgan fingerprint density at radius 3 is 2.94 bits per heavy atom. The number of carbonyl (C=O) groups is 1. The maximum Gasteiger partial charge on any atom is 0.392 e. The van der Waals surface area contributed by atoms with E-state index in [0.29, 0.717) is 5.52 Å². The molecule has 0 atom stereocenters. The Labute approximate surface area is 91.3 Å². The van der Waals surface area contributed by atoms with Crippen LogP contribution < -0.4 is 5.32 Å². The largest absolute Gasteiger partial charge is 0.474 e. The SMILES string of the molecule is CC(C)Nc1ccnc2oc(C(=O)O)nc12. The lowest BCUT2D eigenvalue weighted by atomic mass is 10.3. The van der Waals surface area contributed by atoms with Gasteiger partial charge >= 0.3 is 11.9 Å². The fraction of sp³-hybridized carbons (Fsp3) is 0.300. The van der Waals surface area contributed by atoms with Crippen molar-refractivity contribution in [1.82, 2.24) is 9.97 Å². The van der Waals surface area contributed by atoms with E-state index in [4.69, 9.17) is 9.52 Å². The number of aromatic carboxylic acids is 1. The molecule has 0 unspecified atom stereocenters. The Morgan fingerprint density at radius 2 is 2.31 bits per heavy atom. The summed E-state index contributed by atoms with van der Waals surface area (Å²) in [5.74, 6) is -1.55. The van der Waals surface area contributed by atoms with Gasteiger partial charge in [-0.05, 0) is 19.9 Å². The normalized spacial score (nSPS) is 10.9. The number of nitrogens with one attached hydrogen (secondary N) is 1. The maximum atomic E-state index is 10.7. The second-order valence-electron chi connectivity index (χ2n) is 3.64. The van der Waals surface area contributed by atoms with E-state index >= 15 is 0 Å². The third-order valence-electron chi connectivity index (χ3n) is 1.92. The fourth-order valence-corrected chi connectivity index (χ4v) is 1.35. The van der Waals surface area contributed by atoms with E-state index in [1.165, 1.54) is 0 Å². The summed E-state index contributed by atoms with van der Waals surface area (Å²) in [7, 11) is 0. The zero-order valence-corrected chi connectivity index (χ0v) is 8.89. The number of carboxylic acids is 1. The highest BCUT2D eigenvalue weighted by molar-refractivity contribution is 5.90. The summed E-state index contributed by atoms with van der Waals surface area (Å²) in [6.45, 7) is 3.95. The number of carboxylic acid groups (broad SMARTS) is 1. The first-order chi connectivity index (χ1) is 7.58. The molecule has 0 aliphatic carbocycles. The topological polar surface area (TPSA) is 88.2 Å². The number of fused-ring (bicyclic) bond motifs is 1. The fourth-order valence-electron chi connectivity index (χ4n) is 1.35. The summed E-state index contributed by atoms with van der Waals surface area (Å²) in [4.78, 5) is 18.5. The minimum atomic E-state index is -1.20. The van der Waals surface area contributed by atoms with Crippen molar-refractivity contribution in [3.63, 3.8) is 0 Å². The van der Waals surface area contributed by atoms with Crippen LogP contribution in [0.2, 0.25) is 0 Å². The van der Waals surface area contributed by atoms with Crippen molar-refractivity contribution in [3.05, 3.63) is 18.2 Å². The van der Waals surface area contributed by atoms with E-state index in [2.05, 4.69) is 15.3 Å². The minimum Gasteiger partial charge on any atom is -0.474 e. The second kappa shape index (κ2) is 3.80. The lowest BCUT2D eigenvalue weighted by Gasteiger charge is -2.08. The van der Waals surface area contributed by atoms with Gasteiger partial charge in [-0.3, -0.25) is 0 Å². The molecule has 0 saturated carbocycles. The van der Waals surface area contributed by atoms with Crippen LogP contribution in [0.5, 0.6) is 0 Å². The van der Waals surface area contributed by atoms with Gasteiger partial charge in [0, 0.05) is 12.2 Å². The predicted molar refractivity (Wildman–Crippen MR) is 57.5 cm³/mol. The number of pyridine rings is 1. The van der Waals surface area contributed by atoms with Crippen LogP contribution >= 0.6 is 0 Å². The number of anilines is 1. The average Bonchev–Trinajstić information content (AvgIpc) is 2.61. The van der Waals surface area contributed by atoms with E-state index in [1.807, 2.05) is 13.8 Å². The van der Waals surface area contributed by atoms with E-state index in [9.17, 15) is 4.79 Å². The van der Waals surface area contributed by atoms with Gasteiger partial charge in [0.25, 0.3) is 0 Å². The molecule has 6 nitrogen and oxygen atoms in total. The van der Waals surface area contributed by atoms with Crippen LogP contribution in [0.3, 0.4) is 0 Å². The van der Waals surface area contributed by atoms with Gasteiger partial charge in [0.2, 0.25) is 5.71 Å². The molecular weight excluding hydrogens is 210 g/mol. The summed E-state index contributed by atoms with van der Waals surface area (Å²) in [5.41, 5.74) is 1.38. The van der Waals surface area contributed by atoms with Crippen LogP contribution in [-0.4, -0.2) is 27.1 Å². The van der Waals surface area contributed by atoms with Gasteiger partial charge < -0.3 is 14.8 Å². The standard InChI is InChI=1S/C10H11N3O3/c1-5(2)12-6-3-4-11-8-7(6)13-9(16-8)10(14)15/h3-5H,1-2H3,(H,11,12)(H,14,15). The number of aromatic nitrogens is 2. The van der Waals surface area contributed by atoms with Gasteiger partial charge in [-0.15, -0.1) is 0 Å². The van der Waals surface area contributed by atoms with Gasteiger partial charge in [0.05, 0.1) is 5.69 Å². The molecule has 0 spiro atoms. The van der Waals surface area contributed by atoms with Crippen LogP contribution in [0, 0.1) is 0 Å². The number of nitrogens with zero attached hydrogens (tertiary/aromatic N) is 2. The molecule has 0 bridgehead atoms. The molecule has 2 aromatic heterocycles. The van der Waals surface area contributed by atoms with E-state index in [0.717, 1.165) is 5.69 Å². The maximum absolute atomic E-state index is 10.7. The molecule has 84 valence electrons. The Kier molecular flexibility index (Phi) is 2.47. The molecule has 6 heteroatoms. The summed E-state index contributed by atoms with van der Waals surface area (Å²) in [6.07, 6.45) is 1.55. The summed E-state index contributed by atoms with van der Waals surface area (Å²) >= 11 is 0. The molecule has 0 aliphatic heterocycles. The molecule has 0 amide bonds. The van der Waals surface area contributed by atoms with Gasteiger partial charge in [-0.1, -0.05) is 0 Å². The lowest BCUT2D eigenvalue weighted by Crippen LogP contribution is -2.10. The molecule has 2 heterocycles. The highest BCUT2D eigenvalue weighted by Gasteiger charge is 2.16. The first-order valence-electron chi connectivity index (χ1n) is 4.83. The molecule has 0 radical (unpaired) electrons. The third kappa shape index (κ3) is 1.81. The van der Waals surface area contributed by atoms with Crippen molar-refractivity contribution in [2.45, 2.75) is 19.9 Å². The number of rotatable bonds is 3. The van der Waals surface area contributed by atoms with Crippen molar-refractivity contribution >= 4 is 22.9 Å². The van der Waals surface area contributed by atoms with Gasteiger partial charge in [0.15, 0.2) is 5.52 Å². The van der Waals surface area contributed by atoms with Crippen LogP contribution in [0.1, 0.15) is 24.5 Å². The van der Waals surface area contributed by atoms with E-state index in [1.54, 1.807) is 12.3 Å². The lowest BCUT2D eigenvalue weighted by molar-refractivity contribution is 0.0656. The van der Waals surface area contributed by atoms with Crippen molar-refractivity contribution in [1.29, 1.82) is 0 Å². The van der Waals surface area contributed by atoms with E-state index in [-0.39, 0.29) is 17.6 Å². The molecule has 0 aliphatic rings. The minimum absolute atomic E-state index is 0.218.